The molecule has 0 aliphatic carbocycles. The van der Waals surface area contributed by atoms with E-state index in [4.69, 9.17) is 4.98 Å². The van der Waals surface area contributed by atoms with Crippen molar-refractivity contribution in [2.24, 2.45) is 0 Å². The van der Waals surface area contributed by atoms with Crippen LogP contribution in [0.1, 0.15) is 64.7 Å². The highest BCUT2D eigenvalue weighted by Gasteiger charge is 2.15. The molecule has 0 fully saturated rings. The van der Waals surface area contributed by atoms with Gasteiger partial charge in [0.15, 0.2) is 5.65 Å². The molecule has 0 aliphatic rings. The summed E-state index contributed by atoms with van der Waals surface area (Å²) >= 11 is 0. The van der Waals surface area contributed by atoms with Gasteiger partial charge in [-0.25, -0.2) is 9.67 Å². The van der Waals surface area contributed by atoms with Gasteiger partial charge in [0.2, 0.25) is 0 Å². The third-order valence-corrected chi connectivity index (χ3v) is 3.46. The lowest BCUT2D eigenvalue weighted by molar-refractivity contribution is 0.465. The van der Waals surface area contributed by atoms with E-state index in [9.17, 15) is 0 Å². The van der Waals surface area contributed by atoms with Crippen molar-refractivity contribution >= 4 is 11.2 Å². The summed E-state index contributed by atoms with van der Waals surface area (Å²) in [6.07, 6.45) is 5.31. The van der Waals surface area contributed by atoms with E-state index in [-0.39, 0.29) is 0 Å². The lowest BCUT2D eigenvalue weighted by atomic mass is 10.1. The van der Waals surface area contributed by atoms with E-state index in [0.717, 1.165) is 29.8 Å². The van der Waals surface area contributed by atoms with Crippen molar-refractivity contribution in [3.63, 3.8) is 0 Å². The minimum absolute atomic E-state index is 0.422. The van der Waals surface area contributed by atoms with Gasteiger partial charge >= 0.3 is 0 Å². The molecule has 17 heavy (non-hydrogen) atoms. The molecule has 0 saturated heterocycles. The number of hydrogen-bond acceptors (Lipinski definition) is 2. The third kappa shape index (κ3) is 2.21. The van der Waals surface area contributed by atoms with Crippen molar-refractivity contribution in [1.29, 1.82) is 0 Å². The topological polar surface area (TPSA) is 46.5 Å². The van der Waals surface area contributed by atoms with Gasteiger partial charge in [-0.3, -0.25) is 0 Å². The van der Waals surface area contributed by atoms with Crippen molar-refractivity contribution in [2.45, 2.75) is 58.9 Å². The first-order chi connectivity index (χ1) is 8.17. The summed E-state index contributed by atoms with van der Waals surface area (Å²) in [6.45, 7) is 8.79. The Morgan fingerprint density at radius 2 is 2.12 bits per heavy atom. The fourth-order valence-electron chi connectivity index (χ4n) is 2.12. The molecule has 0 bridgehead atoms. The zero-order chi connectivity index (χ0) is 12.4. The quantitative estimate of drug-likeness (QED) is 0.858. The van der Waals surface area contributed by atoms with Crippen LogP contribution in [0.3, 0.4) is 0 Å². The average Bonchev–Trinajstić information content (AvgIpc) is 2.87. The van der Waals surface area contributed by atoms with Crippen molar-refractivity contribution in [3.05, 3.63) is 12.0 Å². The van der Waals surface area contributed by atoms with E-state index in [0.29, 0.717) is 12.0 Å². The molecular formula is C13H22N4. The Morgan fingerprint density at radius 3 is 2.76 bits per heavy atom. The van der Waals surface area contributed by atoms with Gasteiger partial charge in [0.25, 0.3) is 0 Å². The van der Waals surface area contributed by atoms with Crippen LogP contribution in [0.25, 0.3) is 11.2 Å². The van der Waals surface area contributed by atoms with E-state index < -0.39 is 0 Å². The van der Waals surface area contributed by atoms with Gasteiger partial charge in [-0.15, -0.1) is 0 Å². The molecule has 2 aromatic heterocycles. The van der Waals surface area contributed by atoms with Crippen LogP contribution < -0.4 is 0 Å². The number of nitrogens with one attached hydrogen (secondary N) is 1. The molecule has 94 valence electrons. The van der Waals surface area contributed by atoms with Crippen LogP contribution in [0.4, 0.5) is 0 Å². The van der Waals surface area contributed by atoms with E-state index in [1.165, 1.54) is 6.42 Å². The second-order valence-electron chi connectivity index (χ2n) is 4.90. The highest BCUT2D eigenvalue weighted by Crippen LogP contribution is 2.22. The number of H-pyrrole nitrogens is 1. The molecule has 4 nitrogen and oxygen atoms in total. The Bertz CT molecular complexity index is 483. The third-order valence-electron chi connectivity index (χ3n) is 3.46. The van der Waals surface area contributed by atoms with Gasteiger partial charge in [-0.1, -0.05) is 27.2 Å². The second-order valence-corrected chi connectivity index (χ2v) is 4.90. The summed E-state index contributed by atoms with van der Waals surface area (Å²) in [5.41, 5.74) is 2.06. The molecule has 0 unspecified atom stereocenters. The summed E-state index contributed by atoms with van der Waals surface area (Å²) < 4.78 is 2.04. The summed E-state index contributed by atoms with van der Waals surface area (Å²) in [5, 5.41) is 4.42. The van der Waals surface area contributed by atoms with Crippen molar-refractivity contribution in [2.75, 3.05) is 0 Å². The zero-order valence-corrected chi connectivity index (χ0v) is 11.2. The second kappa shape index (κ2) is 4.90. The largest absolute Gasteiger partial charge is 0.339 e. The first-order valence-electron chi connectivity index (χ1n) is 6.60. The summed E-state index contributed by atoms with van der Waals surface area (Å²) in [6, 6.07) is 0.422. The molecule has 0 amide bonds. The molecule has 0 spiro atoms. The molecule has 0 saturated carbocycles. The lowest BCUT2D eigenvalue weighted by Crippen LogP contribution is -2.07. The smallest absolute Gasteiger partial charge is 0.176 e. The van der Waals surface area contributed by atoms with Gasteiger partial charge in [0.05, 0.1) is 12.2 Å². The van der Waals surface area contributed by atoms with Crippen LogP contribution in [0.2, 0.25) is 0 Å². The van der Waals surface area contributed by atoms with Crippen LogP contribution in [0.5, 0.6) is 0 Å². The molecular weight excluding hydrogens is 212 g/mol. The predicted molar refractivity (Wildman–Crippen MR) is 70.2 cm³/mol. The molecule has 2 rings (SSSR count). The van der Waals surface area contributed by atoms with Crippen LogP contribution in [0, 0.1) is 0 Å². The molecule has 2 atom stereocenters. The van der Waals surface area contributed by atoms with E-state index >= 15 is 0 Å². The number of rotatable bonds is 5. The van der Waals surface area contributed by atoms with Crippen molar-refractivity contribution in [3.8, 4) is 0 Å². The highest BCUT2D eigenvalue weighted by molar-refractivity contribution is 5.70. The molecule has 0 radical (unpaired) electrons. The normalized spacial score (nSPS) is 15.3. The lowest BCUT2D eigenvalue weighted by Gasteiger charge is -2.10. The number of aromatic amines is 1. The zero-order valence-electron chi connectivity index (χ0n) is 11.2. The molecule has 0 aliphatic heterocycles. The van der Waals surface area contributed by atoms with E-state index in [2.05, 4.69) is 37.8 Å². The Morgan fingerprint density at radius 1 is 1.35 bits per heavy atom. The summed E-state index contributed by atoms with van der Waals surface area (Å²) in [7, 11) is 0. The Hall–Kier alpha value is -1.32. The SMILES string of the molecule is CCC[C@H](C)n1ncc2[nH]c([C@H](C)CC)nc21. The maximum absolute atomic E-state index is 4.69. The summed E-state index contributed by atoms with van der Waals surface area (Å²) in [5.74, 6) is 1.56. The first-order valence-corrected chi connectivity index (χ1v) is 6.60. The standard InChI is InChI=1S/C13H22N4/c1-5-7-10(4)17-13-11(8-14-17)15-12(16-13)9(3)6-2/h8-10H,5-7H2,1-4H3,(H,15,16)/t9-,10+/m1/s1. The Labute approximate surface area is 102 Å². The first kappa shape index (κ1) is 12.1. The van der Waals surface area contributed by atoms with Crippen LogP contribution in [0.15, 0.2) is 6.20 Å². The predicted octanol–water partition coefficient (Wildman–Crippen LogP) is 3.63. The van der Waals surface area contributed by atoms with Gasteiger partial charge in [0.1, 0.15) is 11.3 Å². The van der Waals surface area contributed by atoms with E-state index in [1.807, 2.05) is 10.9 Å². The molecule has 4 heteroatoms. The van der Waals surface area contributed by atoms with Crippen LogP contribution in [-0.2, 0) is 0 Å². The molecule has 0 aromatic carbocycles. The van der Waals surface area contributed by atoms with Gasteiger partial charge in [-0.05, 0) is 19.8 Å². The average molecular weight is 234 g/mol. The monoisotopic (exact) mass is 234 g/mol. The number of nitrogens with zero attached hydrogens (tertiary/aromatic N) is 3. The number of fused-ring (bicyclic) bond motifs is 1. The number of imidazole rings is 1. The van der Waals surface area contributed by atoms with Crippen LogP contribution in [-0.4, -0.2) is 19.7 Å². The fraction of sp³-hybridized carbons (Fsp3) is 0.692. The van der Waals surface area contributed by atoms with Gasteiger partial charge in [0, 0.05) is 5.92 Å². The minimum Gasteiger partial charge on any atom is -0.339 e. The fourth-order valence-corrected chi connectivity index (χ4v) is 2.12. The molecule has 2 aromatic rings. The van der Waals surface area contributed by atoms with Gasteiger partial charge < -0.3 is 4.98 Å². The number of hydrogen-bond donors (Lipinski definition) is 1. The molecule has 1 N–H and O–H groups in total. The van der Waals surface area contributed by atoms with Crippen molar-refractivity contribution in [1.82, 2.24) is 19.7 Å². The molecule has 2 heterocycles. The van der Waals surface area contributed by atoms with Gasteiger partial charge in [-0.2, -0.15) is 5.10 Å². The van der Waals surface area contributed by atoms with Crippen LogP contribution >= 0.6 is 0 Å². The minimum atomic E-state index is 0.422. The van der Waals surface area contributed by atoms with E-state index in [1.54, 1.807) is 0 Å². The highest BCUT2D eigenvalue weighted by atomic mass is 15.3. The maximum Gasteiger partial charge on any atom is 0.176 e. The summed E-state index contributed by atoms with van der Waals surface area (Å²) in [4.78, 5) is 8.06. The van der Waals surface area contributed by atoms with Crippen molar-refractivity contribution < 1.29 is 0 Å². The Kier molecular flexibility index (Phi) is 3.50. The maximum atomic E-state index is 4.69. The number of aromatic nitrogens is 4. The Balaban J connectivity index is 2.35.